The second-order valence-corrected chi connectivity index (χ2v) is 4.18. The van der Waals surface area contributed by atoms with Crippen LogP contribution in [0.1, 0.15) is 31.2 Å². The van der Waals surface area contributed by atoms with Crippen LogP contribution in [0.25, 0.3) is 0 Å². The molecule has 2 rings (SSSR count). The van der Waals surface area contributed by atoms with Crippen LogP contribution in [0.4, 0.5) is 5.69 Å². The van der Waals surface area contributed by atoms with Crippen molar-refractivity contribution >= 4 is 11.4 Å². The van der Waals surface area contributed by atoms with Crippen molar-refractivity contribution in [3.8, 4) is 0 Å². The first kappa shape index (κ1) is 10.2. The Morgan fingerprint density at radius 3 is 3.00 bits per heavy atom. The van der Waals surface area contributed by atoms with E-state index in [0.717, 1.165) is 25.1 Å². The van der Waals surface area contributed by atoms with Gasteiger partial charge in [-0.25, -0.2) is 0 Å². The first-order valence-electron chi connectivity index (χ1n) is 5.71. The molecule has 0 radical (unpaired) electrons. The number of nitrogens with two attached hydrogens (primary N) is 1. The van der Waals surface area contributed by atoms with Gasteiger partial charge in [0.25, 0.3) is 0 Å². The van der Waals surface area contributed by atoms with Gasteiger partial charge in [0.2, 0.25) is 0 Å². The predicted molar refractivity (Wildman–Crippen MR) is 65.3 cm³/mol. The average molecular weight is 202 g/mol. The van der Waals surface area contributed by atoms with E-state index in [4.69, 9.17) is 5.73 Å². The molecule has 2 N–H and O–H groups in total. The van der Waals surface area contributed by atoms with Crippen LogP contribution in [0.2, 0.25) is 0 Å². The third-order valence-electron chi connectivity index (χ3n) is 2.82. The molecular weight excluding hydrogens is 184 g/mol. The highest BCUT2D eigenvalue weighted by Crippen LogP contribution is 2.13. The summed E-state index contributed by atoms with van der Waals surface area (Å²) in [7, 11) is 0. The lowest BCUT2D eigenvalue weighted by Gasteiger charge is -2.04. The van der Waals surface area contributed by atoms with Crippen molar-refractivity contribution in [2.75, 3.05) is 12.3 Å². The molecule has 0 saturated carbocycles. The van der Waals surface area contributed by atoms with Crippen molar-refractivity contribution in [3.05, 3.63) is 29.8 Å². The van der Waals surface area contributed by atoms with Gasteiger partial charge >= 0.3 is 0 Å². The molecule has 0 amide bonds. The molecule has 80 valence electrons. The molecule has 1 aliphatic rings. The number of nitrogens with zero attached hydrogens (tertiary/aromatic N) is 1. The Kier molecular flexibility index (Phi) is 3.38. The molecule has 2 nitrogen and oxygen atoms in total. The Balaban J connectivity index is 2.04. The highest BCUT2D eigenvalue weighted by atomic mass is 14.7. The van der Waals surface area contributed by atoms with E-state index < -0.39 is 0 Å². The van der Waals surface area contributed by atoms with Gasteiger partial charge in [0.1, 0.15) is 0 Å². The van der Waals surface area contributed by atoms with E-state index in [1.807, 2.05) is 18.2 Å². The highest BCUT2D eigenvalue weighted by molar-refractivity contribution is 5.86. The van der Waals surface area contributed by atoms with Crippen LogP contribution in [-0.2, 0) is 6.42 Å². The number of aliphatic imine (C=N–C) groups is 1. The Labute approximate surface area is 91.2 Å². The van der Waals surface area contributed by atoms with Gasteiger partial charge < -0.3 is 5.73 Å². The fraction of sp³-hybridized carbons (Fsp3) is 0.462. The zero-order valence-corrected chi connectivity index (χ0v) is 9.08. The number of anilines is 1. The predicted octanol–water partition coefficient (Wildman–Crippen LogP) is 2.83. The van der Waals surface area contributed by atoms with Gasteiger partial charge in [0.15, 0.2) is 0 Å². The number of rotatable bonds is 2. The number of nitrogen functional groups attached to an aromatic ring is 1. The van der Waals surface area contributed by atoms with E-state index in [1.54, 1.807) is 0 Å². The lowest BCUT2D eigenvalue weighted by Crippen LogP contribution is -2.03. The number of hydrogen-bond acceptors (Lipinski definition) is 2. The van der Waals surface area contributed by atoms with E-state index in [9.17, 15) is 0 Å². The fourth-order valence-corrected chi connectivity index (χ4v) is 2.02. The first-order chi connectivity index (χ1) is 7.34. The van der Waals surface area contributed by atoms with Crippen LogP contribution in [0.15, 0.2) is 29.3 Å². The van der Waals surface area contributed by atoms with Gasteiger partial charge in [-0.15, -0.1) is 0 Å². The zero-order chi connectivity index (χ0) is 10.5. The minimum atomic E-state index is 0.849. The standard InChI is InChI=1S/C13H18N2/c14-12-6-4-5-11(9-12)10-13-7-2-1-3-8-15-13/h4-6,9H,1-3,7-8,10,14H2. The van der Waals surface area contributed by atoms with Gasteiger partial charge in [0, 0.05) is 24.4 Å². The summed E-state index contributed by atoms with van der Waals surface area (Å²) in [6.45, 7) is 1.01. The zero-order valence-electron chi connectivity index (χ0n) is 9.08. The topological polar surface area (TPSA) is 38.4 Å². The Bertz CT molecular complexity index is 355. The van der Waals surface area contributed by atoms with E-state index in [0.29, 0.717) is 0 Å². The summed E-state index contributed by atoms with van der Waals surface area (Å²) in [5.74, 6) is 0. The molecule has 1 heterocycles. The maximum absolute atomic E-state index is 5.75. The minimum absolute atomic E-state index is 0.849. The highest BCUT2D eigenvalue weighted by Gasteiger charge is 2.05. The second kappa shape index (κ2) is 4.96. The second-order valence-electron chi connectivity index (χ2n) is 4.18. The fourth-order valence-electron chi connectivity index (χ4n) is 2.02. The van der Waals surface area contributed by atoms with Crippen molar-refractivity contribution in [2.45, 2.75) is 32.1 Å². The van der Waals surface area contributed by atoms with Crippen molar-refractivity contribution < 1.29 is 0 Å². The van der Waals surface area contributed by atoms with E-state index in [-0.39, 0.29) is 0 Å². The first-order valence-corrected chi connectivity index (χ1v) is 5.71. The molecule has 2 heteroatoms. The number of hydrogen-bond donors (Lipinski definition) is 1. The normalized spacial score (nSPS) is 16.9. The largest absolute Gasteiger partial charge is 0.399 e. The molecule has 15 heavy (non-hydrogen) atoms. The molecular formula is C13H18N2. The Hall–Kier alpha value is -1.31. The molecule has 0 aromatic heterocycles. The van der Waals surface area contributed by atoms with Crippen LogP contribution in [0.5, 0.6) is 0 Å². The molecule has 0 aliphatic carbocycles. The molecule has 0 unspecified atom stereocenters. The van der Waals surface area contributed by atoms with Crippen molar-refractivity contribution in [1.29, 1.82) is 0 Å². The number of benzene rings is 1. The Morgan fingerprint density at radius 2 is 2.13 bits per heavy atom. The van der Waals surface area contributed by atoms with Gasteiger partial charge in [0.05, 0.1) is 0 Å². The lowest BCUT2D eigenvalue weighted by atomic mass is 10.0. The summed E-state index contributed by atoms with van der Waals surface area (Å²) in [4.78, 5) is 4.62. The third kappa shape index (κ3) is 3.08. The lowest BCUT2D eigenvalue weighted by molar-refractivity contribution is 0.730. The summed E-state index contributed by atoms with van der Waals surface area (Å²) in [6, 6.07) is 8.12. The molecule has 0 atom stereocenters. The maximum Gasteiger partial charge on any atom is 0.0388 e. The van der Waals surface area contributed by atoms with E-state index in [2.05, 4.69) is 11.1 Å². The quantitative estimate of drug-likeness (QED) is 0.736. The molecule has 0 spiro atoms. The summed E-state index contributed by atoms with van der Waals surface area (Å²) < 4.78 is 0. The molecule has 1 aliphatic heterocycles. The molecule has 0 bridgehead atoms. The van der Waals surface area contributed by atoms with Gasteiger partial charge in [-0.1, -0.05) is 18.6 Å². The minimum Gasteiger partial charge on any atom is -0.399 e. The van der Waals surface area contributed by atoms with Gasteiger partial charge in [-0.2, -0.15) is 0 Å². The average Bonchev–Trinajstić information content (AvgIpc) is 2.46. The van der Waals surface area contributed by atoms with Crippen molar-refractivity contribution in [2.24, 2.45) is 4.99 Å². The Morgan fingerprint density at radius 1 is 1.20 bits per heavy atom. The third-order valence-corrected chi connectivity index (χ3v) is 2.82. The molecule has 0 fully saturated rings. The van der Waals surface area contributed by atoms with Gasteiger partial charge in [-0.3, -0.25) is 4.99 Å². The van der Waals surface area contributed by atoms with Crippen LogP contribution >= 0.6 is 0 Å². The smallest absolute Gasteiger partial charge is 0.0388 e. The monoisotopic (exact) mass is 202 g/mol. The van der Waals surface area contributed by atoms with Crippen LogP contribution in [-0.4, -0.2) is 12.3 Å². The molecule has 0 saturated heterocycles. The summed E-state index contributed by atoms with van der Waals surface area (Å²) in [5, 5.41) is 0. The van der Waals surface area contributed by atoms with Gasteiger partial charge in [-0.05, 0) is 37.0 Å². The van der Waals surface area contributed by atoms with Crippen LogP contribution < -0.4 is 5.73 Å². The summed E-state index contributed by atoms with van der Waals surface area (Å²) in [5.41, 5.74) is 9.24. The van der Waals surface area contributed by atoms with E-state index in [1.165, 1.54) is 30.5 Å². The van der Waals surface area contributed by atoms with Crippen LogP contribution in [0, 0.1) is 0 Å². The maximum atomic E-state index is 5.75. The van der Waals surface area contributed by atoms with Crippen LogP contribution in [0.3, 0.4) is 0 Å². The SMILES string of the molecule is Nc1cccc(CC2=NCCCCC2)c1. The molecule has 1 aromatic rings. The van der Waals surface area contributed by atoms with Crippen molar-refractivity contribution in [1.82, 2.24) is 0 Å². The van der Waals surface area contributed by atoms with Crippen molar-refractivity contribution in [3.63, 3.8) is 0 Å². The molecule has 1 aromatic carbocycles. The summed E-state index contributed by atoms with van der Waals surface area (Å²) >= 11 is 0. The van der Waals surface area contributed by atoms with E-state index >= 15 is 0 Å². The summed E-state index contributed by atoms with van der Waals surface area (Å²) in [6.07, 6.45) is 6.01.